The molecule has 1 fully saturated rings. The molecule has 1 aliphatic heterocycles. The minimum absolute atomic E-state index is 0.0338. The molecule has 0 radical (unpaired) electrons. The van der Waals surface area contributed by atoms with Gasteiger partial charge in [-0.3, -0.25) is 4.79 Å². The Morgan fingerprint density at radius 1 is 1.33 bits per heavy atom. The van der Waals surface area contributed by atoms with E-state index in [9.17, 15) is 13.2 Å². The zero-order valence-electron chi connectivity index (χ0n) is 16.7. The third kappa shape index (κ3) is 5.51. The van der Waals surface area contributed by atoms with Gasteiger partial charge in [-0.05, 0) is 63.3 Å². The fraction of sp³-hybridized carbons (Fsp3) is 0.632. The lowest BCUT2D eigenvalue weighted by Gasteiger charge is -2.24. The van der Waals surface area contributed by atoms with Crippen molar-refractivity contribution in [3.05, 3.63) is 23.3 Å². The van der Waals surface area contributed by atoms with Crippen LogP contribution in [0, 0.1) is 13.8 Å². The minimum atomic E-state index is -3.59. The highest BCUT2D eigenvalue weighted by molar-refractivity contribution is 7.89. The molecule has 1 saturated heterocycles. The normalized spacial score (nSPS) is 19.1. The van der Waals surface area contributed by atoms with Crippen molar-refractivity contribution >= 4 is 21.6 Å². The molecule has 2 rings (SSSR count). The van der Waals surface area contributed by atoms with E-state index in [1.54, 1.807) is 13.0 Å². The second kappa shape index (κ2) is 9.14. The Bertz CT molecular complexity index is 771. The summed E-state index contributed by atoms with van der Waals surface area (Å²) in [6.07, 6.45) is 2.49. The van der Waals surface area contributed by atoms with Crippen LogP contribution in [-0.4, -0.2) is 58.1 Å². The molecule has 152 valence electrons. The van der Waals surface area contributed by atoms with Crippen molar-refractivity contribution < 1.29 is 22.7 Å². The van der Waals surface area contributed by atoms with Gasteiger partial charge in [-0.25, -0.2) is 12.7 Å². The van der Waals surface area contributed by atoms with Crippen LogP contribution in [0.25, 0.3) is 0 Å². The summed E-state index contributed by atoms with van der Waals surface area (Å²) in [6.45, 7) is 6.46. The highest BCUT2D eigenvalue weighted by Crippen LogP contribution is 2.26. The molecule has 1 amide bonds. The summed E-state index contributed by atoms with van der Waals surface area (Å²) in [4.78, 5) is 12.7. The van der Waals surface area contributed by atoms with E-state index in [4.69, 9.17) is 9.47 Å². The van der Waals surface area contributed by atoms with E-state index in [0.717, 1.165) is 41.3 Å². The molecule has 7 nitrogen and oxygen atoms in total. The zero-order valence-corrected chi connectivity index (χ0v) is 17.6. The number of anilines is 1. The first-order valence-electron chi connectivity index (χ1n) is 9.20. The van der Waals surface area contributed by atoms with Crippen LogP contribution in [0.2, 0.25) is 0 Å². The van der Waals surface area contributed by atoms with Crippen molar-refractivity contribution in [2.45, 2.75) is 57.1 Å². The van der Waals surface area contributed by atoms with Gasteiger partial charge in [-0.2, -0.15) is 0 Å². The number of carbonyl (C=O) groups is 1. The Kier molecular flexibility index (Phi) is 7.39. The van der Waals surface area contributed by atoms with E-state index in [1.807, 2.05) is 13.8 Å². The van der Waals surface area contributed by atoms with Crippen LogP contribution in [0.1, 0.15) is 37.3 Å². The number of hydrogen-bond acceptors (Lipinski definition) is 5. The molecule has 0 aromatic heterocycles. The molecule has 1 aromatic rings. The molecule has 0 saturated carbocycles. The summed E-state index contributed by atoms with van der Waals surface area (Å²) in [6, 6.07) is 3.10. The number of benzene rings is 1. The molecular weight excluding hydrogens is 368 g/mol. The molecule has 0 bridgehead atoms. The van der Waals surface area contributed by atoms with Crippen molar-refractivity contribution in [2.75, 3.05) is 32.6 Å². The van der Waals surface area contributed by atoms with Crippen molar-refractivity contribution in [3.8, 4) is 0 Å². The van der Waals surface area contributed by atoms with Gasteiger partial charge >= 0.3 is 0 Å². The maximum Gasteiger partial charge on any atom is 0.253 e. The minimum Gasteiger partial charge on any atom is -0.376 e. The van der Waals surface area contributed by atoms with Gasteiger partial charge in [0.15, 0.2) is 0 Å². The molecule has 1 aromatic carbocycles. The number of hydrogen-bond donors (Lipinski definition) is 1. The molecule has 0 aliphatic carbocycles. The van der Waals surface area contributed by atoms with E-state index >= 15 is 0 Å². The van der Waals surface area contributed by atoms with Gasteiger partial charge < -0.3 is 14.8 Å². The van der Waals surface area contributed by atoms with Crippen LogP contribution >= 0.6 is 0 Å². The molecule has 0 spiro atoms. The third-order valence-corrected chi connectivity index (χ3v) is 6.65. The van der Waals surface area contributed by atoms with Gasteiger partial charge in [0.1, 0.15) is 6.10 Å². The first-order valence-corrected chi connectivity index (χ1v) is 10.6. The number of amides is 1. The lowest BCUT2D eigenvalue weighted by atomic mass is 10.1. The fourth-order valence-electron chi connectivity index (χ4n) is 2.82. The molecule has 27 heavy (non-hydrogen) atoms. The molecule has 1 aliphatic rings. The molecular formula is C19H30N2O5S. The predicted molar refractivity (Wildman–Crippen MR) is 104 cm³/mol. The predicted octanol–water partition coefficient (Wildman–Crippen LogP) is 2.47. The average molecular weight is 399 g/mol. The Morgan fingerprint density at radius 2 is 2.04 bits per heavy atom. The maximum atomic E-state index is 12.5. The van der Waals surface area contributed by atoms with Crippen LogP contribution in [0.3, 0.4) is 0 Å². The number of aryl methyl sites for hydroxylation is 1. The van der Waals surface area contributed by atoms with E-state index in [0.29, 0.717) is 12.3 Å². The average Bonchev–Trinajstić information content (AvgIpc) is 2.63. The lowest BCUT2D eigenvalue weighted by molar-refractivity contribution is -0.130. The molecule has 1 heterocycles. The first-order chi connectivity index (χ1) is 12.6. The number of nitrogens with one attached hydrogen (secondary N) is 1. The van der Waals surface area contributed by atoms with Crippen LogP contribution in [0.5, 0.6) is 0 Å². The van der Waals surface area contributed by atoms with Gasteiger partial charge in [-0.1, -0.05) is 0 Å². The summed E-state index contributed by atoms with van der Waals surface area (Å²) >= 11 is 0. The number of ether oxygens (including phenoxy) is 2. The summed E-state index contributed by atoms with van der Waals surface area (Å²) in [5.74, 6) is -0.312. The zero-order chi connectivity index (χ0) is 20.2. The maximum absolute atomic E-state index is 12.5. The Hall–Kier alpha value is -1.48. The van der Waals surface area contributed by atoms with Gasteiger partial charge in [-0.15, -0.1) is 0 Å². The molecule has 1 N–H and O–H groups in total. The van der Waals surface area contributed by atoms with Crippen molar-refractivity contribution in [1.82, 2.24) is 4.31 Å². The van der Waals surface area contributed by atoms with Gasteiger partial charge in [0, 0.05) is 26.4 Å². The summed E-state index contributed by atoms with van der Waals surface area (Å²) in [5, 5.41) is 2.80. The van der Waals surface area contributed by atoms with Gasteiger partial charge in [0.05, 0.1) is 17.6 Å². The van der Waals surface area contributed by atoms with E-state index in [-0.39, 0.29) is 16.9 Å². The van der Waals surface area contributed by atoms with E-state index in [2.05, 4.69) is 5.32 Å². The van der Waals surface area contributed by atoms with E-state index in [1.165, 1.54) is 20.2 Å². The third-order valence-electron chi connectivity index (χ3n) is 4.85. The van der Waals surface area contributed by atoms with Crippen molar-refractivity contribution in [1.29, 1.82) is 0 Å². The fourth-order valence-corrected chi connectivity index (χ4v) is 3.83. The highest BCUT2D eigenvalue weighted by atomic mass is 32.2. The molecule has 2 unspecified atom stereocenters. The van der Waals surface area contributed by atoms with Gasteiger partial charge in [0.2, 0.25) is 10.0 Å². The summed E-state index contributed by atoms with van der Waals surface area (Å²) in [5.41, 5.74) is 2.09. The SMILES string of the molecule is Cc1cc(S(=O)(=O)N(C)C)cc(NC(=O)C(C)OCC2CCCCO2)c1C. The first kappa shape index (κ1) is 21.8. The Morgan fingerprint density at radius 3 is 2.63 bits per heavy atom. The Labute approximate surface area is 162 Å². The second-order valence-electron chi connectivity index (χ2n) is 7.15. The summed E-state index contributed by atoms with van der Waals surface area (Å²) < 4.78 is 37.3. The summed E-state index contributed by atoms with van der Waals surface area (Å²) in [7, 11) is -0.629. The molecule has 8 heteroatoms. The monoisotopic (exact) mass is 398 g/mol. The standard InChI is InChI=1S/C19H30N2O5S/c1-13-10-17(27(23,24)21(4)5)11-18(14(13)2)20-19(22)15(3)26-12-16-8-6-7-9-25-16/h10-11,15-16H,6-9,12H2,1-5H3,(H,20,22). The highest BCUT2D eigenvalue weighted by Gasteiger charge is 2.22. The number of sulfonamides is 1. The largest absolute Gasteiger partial charge is 0.376 e. The van der Waals surface area contributed by atoms with E-state index < -0.39 is 16.1 Å². The van der Waals surface area contributed by atoms with Crippen molar-refractivity contribution in [3.63, 3.8) is 0 Å². The quantitative estimate of drug-likeness (QED) is 0.763. The number of nitrogens with zero attached hydrogens (tertiary/aromatic N) is 1. The number of rotatable bonds is 7. The van der Waals surface area contributed by atoms with Crippen LogP contribution in [0.15, 0.2) is 17.0 Å². The lowest BCUT2D eigenvalue weighted by Crippen LogP contribution is -2.33. The van der Waals surface area contributed by atoms with Crippen LogP contribution in [0.4, 0.5) is 5.69 Å². The van der Waals surface area contributed by atoms with Gasteiger partial charge in [0.25, 0.3) is 5.91 Å². The Balaban J connectivity index is 2.08. The van der Waals surface area contributed by atoms with Crippen molar-refractivity contribution in [2.24, 2.45) is 0 Å². The van der Waals surface area contributed by atoms with Crippen LogP contribution < -0.4 is 5.32 Å². The topological polar surface area (TPSA) is 84.9 Å². The number of carbonyl (C=O) groups excluding carboxylic acids is 1. The molecule has 2 atom stereocenters. The van der Waals surface area contributed by atoms with Crippen LogP contribution in [-0.2, 0) is 24.3 Å². The smallest absolute Gasteiger partial charge is 0.253 e. The second-order valence-corrected chi connectivity index (χ2v) is 9.31.